The minimum absolute atomic E-state index is 0.282. The van der Waals surface area contributed by atoms with Crippen LogP contribution in [0.15, 0.2) is 57.8 Å². The van der Waals surface area contributed by atoms with E-state index in [9.17, 15) is 8.42 Å². The van der Waals surface area contributed by atoms with Crippen molar-refractivity contribution in [1.29, 1.82) is 0 Å². The Balaban J connectivity index is 1.51. The SMILES string of the molecule is CS(=O)(=O)c1ccc2nc(NCc3nnc(-c4ccccc4)o3)sc2c1. The van der Waals surface area contributed by atoms with Gasteiger partial charge in [0.25, 0.3) is 0 Å². The first-order valence-electron chi connectivity index (χ1n) is 7.71. The van der Waals surface area contributed by atoms with Crippen molar-refractivity contribution in [2.24, 2.45) is 0 Å². The van der Waals surface area contributed by atoms with Crippen LogP contribution in [0.1, 0.15) is 5.89 Å². The normalized spacial score (nSPS) is 11.7. The quantitative estimate of drug-likeness (QED) is 0.561. The van der Waals surface area contributed by atoms with E-state index in [0.717, 1.165) is 15.8 Å². The highest BCUT2D eigenvalue weighted by molar-refractivity contribution is 7.90. The third-order valence-electron chi connectivity index (χ3n) is 3.67. The number of nitrogens with one attached hydrogen (secondary N) is 1. The number of aromatic nitrogens is 3. The first-order chi connectivity index (χ1) is 12.5. The topological polar surface area (TPSA) is 98.0 Å². The maximum absolute atomic E-state index is 11.7. The molecule has 7 nitrogen and oxygen atoms in total. The first kappa shape index (κ1) is 16.7. The molecule has 2 heterocycles. The Morgan fingerprint density at radius 1 is 1.12 bits per heavy atom. The molecule has 0 radical (unpaired) electrons. The lowest BCUT2D eigenvalue weighted by Crippen LogP contribution is -1.98. The van der Waals surface area contributed by atoms with Crippen LogP contribution in [0.5, 0.6) is 0 Å². The van der Waals surface area contributed by atoms with Gasteiger partial charge in [-0.25, -0.2) is 13.4 Å². The smallest absolute Gasteiger partial charge is 0.247 e. The van der Waals surface area contributed by atoms with Gasteiger partial charge in [0.15, 0.2) is 15.0 Å². The Morgan fingerprint density at radius 3 is 2.69 bits per heavy atom. The number of anilines is 1. The Labute approximate surface area is 153 Å². The summed E-state index contributed by atoms with van der Waals surface area (Å²) < 4.78 is 29.7. The number of nitrogens with zero attached hydrogens (tertiary/aromatic N) is 3. The molecule has 0 fully saturated rings. The number of hydrogen-bond acceptors (Lipinski definition) is 8. The monoisotopic (exact) mass is 386 g/mol. The molecule has 0 spiro atoms. The Kier molecular flexibility index (Phi) is 4.17. The third-order valence-corrected chi connectivity index (χ3v) is 5.75. The molecular weight excluding hydrogens is 372 g/mol. The van der Waals surface area contributed by atoms with Crippen LogP contribution in [0.4, 0.5) is 5.13 Å². The van der Waals surface area contributed by atoms with Gasteiger partial charge in [0, 0.05) is 11.8 Å². The predicted molar refractivity (Wildman–Crippen MR) is 99.8 cm³/mol. The van der Waals surface area contributed by atoms with E-state index in [1.54, 1.807) is 18.2 Å². The molecule has 26 heavy (non-hydrogen) atoms. The number of rotatable bonds is 5. The molecule has 9 heteroatoms. The van der Waals surface area contributed by atoms with Gasteiger partial charge in [0.05, 0.1) is 21.7 Å². The van der Waals surface area contributed by atoms with Gasteiger partial charge in [-0.2, -0.15) is 0 Å². The van der Waals surface area contributed by atoms with Crippen molar-refractivity contribution in [2.45, 2.75) is 11.4 Å². The van der Waals surface area contributed by atoms with Crippen LogP contribution in [0.2, 0.25) is 0 Å². The summed E-state index contributed by atoms with van der Waals surface area (Å²) in [6.45, 7) is 0.332. The fourth-order valence-corrected chi connectivity index (χ4v) is 4.01. The van der Waals surface area contributed by atoms with Gasteiger partial charge in [0.2, 0.25) is 11.8 Å². The van der Waals surface area contributed by atoms with Gasteiger partial charge in [0.1, 0.15) is 0 Å². The van der Waals surface area contributed by atoms with Crippen molar-refractivity contribution in [2.75, 3.05) is 11.6 Å². The molecule has 0 bridgehead atoms. The van der Waals surface area contributed by atoms with E-state index in [1.165, 1.54) is 17.6 Å². The molecule has 0 atom stereocenters. The van der Waals surface area contributed by atoms with Crippen LogP contribution >= 0.6 is 11.3 Å². The summed E-state index contributed by atoms with van der Waals surface area (Å²) >= 11 is 1.37. The lowest BCUT2D eigenvalue weighted by Gasteiger charge is -1.96. The third kappa shape index (κ3) is 3.44. The molecule has 4 rings (SSSR count). The maximum Gasteiger partial charge on any atom is 0.247 e. The summed E-state index contributed by atoms with van der Waals surface area (Å²) in [6.07, 6.45) is 1.19. The average molecular weight is 386 g/mol. The molecule has 132 valence electrons. The molecule has 0 amide bonds. The predicted octanol–water partition coefficient (Wildman–Crippen LogP) is 3.36. The maximum atomic E-state index is 11.7. The number of sulfone groups is 1. The molecule has 0 unspecified atom stereocenters. The van der Waals surface area contributed by atoms with Crippen LogP contribution in [0, 0.1) is 0 Å². The van der Waals surface area contributed by atoms with Crippen LogP contribution in [0.25, 0.3) is 21.7 Å². The molecule has 0 aliphatic heterocycles. The lowest BCUT2D eigenvalue weighted by atomic mass is 10.2. The largest absolute Gasteiger partial charge is 0.419 e. The molecule has 4 aromatic rings. The van der Waals surface area contributed by atoms with Gasteiger partial charge in [-0.15, -0.1) is 10.2 Å². The van der Waals surface area contributed by atoms with Crippen molar-refractivity contribution in [3.05, 3.63) is 54.4 Å². The molecule has 0 saturated carbocycles. The number of fused-ring (bicyclic) bond motifs is 1. The fourth-order valence-electron chi connectivity index (χ4n) is 2.38. The second-order valence-electron chi connectivity index (χ2n) is 5.64. The van der Waals surface area contributed by atoms with Crippen molar-refractivity contribution >= 4 is 36.5 Å². The van der Waals surface area contributed by atoms with E-state index in [-0.39, 0.29) is 4.90 Å². The molecule has 2 aromatic heterocycles. The van der Waals surface area contributed by atoms with Crippen LogP contribution < -0.4 is 5.32 Å². The number of benzene rings is 2. The van der Waals surface area contributed by atoms with E-state index in [4.69, 9.17) is 4.42 Å². The summed E-state index contributed by atoms with van der Waals surface area (Å²) in [5.74, 6) is 0.907. The van der Waals surface area contributed by atoms with Crippen molar-refractivity contribution in [3.63, 3.8) is 0 Å². The van der Waals surface area contributed by atoms with Crippen LogP contribution in [-0.2, 0) is 16.4 Å². The zero-order valence-electron chi connectivity index (χ0n) is 13.7. The average Bonchev–Trinajstić information content (AvgIpc) is 3.26. The van der Waals surface area contributed by atoms with Gasteiger partial charge >= 0.3 is 0 Å². The second-order valence-corrected chi connectivity index (χ2v) is 8.69. The highest BCUT2D eigenvalue weighted by Gasteiger charge is 2.12. The van der Waals surface area contributed by atoms with Crippen molar-refractivity contribution in [3.8, 4) is 11.5 Å². The van der Waals surface area contributed by atoms with Crippen molar-refractivity contribution in [1.82, 2.24) is 15.2 Å². The Bertz CT molecular complexity index is 1170. The van der Waals surface area contributed by atoms with E-state index in [1.807, 2.05) is 30.3 Å². The number of hydrogen-bond donors (Lipinski definition) is 1. The van der Waals surface area contributed by atoms with E-state index < -0.39 is 9.84 Å². The summed E-state index contributed by atoms with van der Waals surface area (Å²) in [5.41, 5.74) is 1.60. The van der Waals surface area contributed by atoms with Crippen LogP contribution in [-0.4, -0.2) is 29.9 Å². The second kappa shape index (κ2) is 6.50. The Hall–Kier alpha value is -2.78. The van der Waals surface area contributed by atoms with Crippen molar-refractivity contribution < 1.29 is 12.8 Å². The molecule has 0 saturated heterocycles. The minimum Gasteiger partial charge on any atom is -0.419 e. The molecule has 1 N–H and O–H groups in total. The van der Waals surface area contributed by atoms with Gasteiger partial charge < -0.3 is 9.73 Å². The van der Waals surface area contributed by atoms with Gasteiger partial charge in [-0.1, -0.05) is 29.5 Å². The molecule has 2 aromatic carbocycles. The van der Waals surface area contributed by atoms with Gasteiger partial charge in [-0.05, 0) is 30.3 Å². The standard InChI is InChI=1S/C17H14N4O3S2/c1-26(22,23)12-7-8-13-14(9-12)25-17(19-13)18-10-15-20-21-16(24-15)11-5-3-2-4-6-11/h2-9H,10H2,1H3,(H,18,19). The van der Waals surface area contributed by atoms with Crippen LogP contribution in [0.3, 0.4) is 0 Å². The highest BCUT2D eigenvalue weighted by atomic mass is 32.2. The number of thiazole rings is 1. The fraction of sp³-hybridized carbons (Fsp3) is 0.118. The lowest BCUT2D eigenvalue weighted by molar-refractivity contribution is 0.515. The first-order valence-corrected chi connectivity index (χ1v) is 10.4. The highest BCUT2D eigenvalue weighted by Crippen LogP contribution is 2.28. The zero-order valence-corrected chi connectivity index (χ0v) is 15.3. The summed E-state index contributed by atoms with van der Waals surface area (Å²) in [4.78, 5) is 4.72. The zero-order chi connectivity index (χ0) is 18.1. The summed E-state index contributed by atoms with van der Waals surface area (Å²) in [5, 5.41) is 11.9. The van der Waals surface area contributed by atoms with E-state index in [2.05, 4.69) is 20.5 Å². The van der Waals surface area contributed by atoms with Gasteiger partial charge in [-0.3, -0.25) is 0 Å². The molecule has 0 aliphatic carbocycles. The molecular formula is C17H14N4O3S2. The van der Waals surface area contributed by atoms with E-state index in [0.29, 0.717) is 23.5 Å². The Morgan fingerprint density at radius 2 is 1.92 bits per heavy atom. The van der Waals surface area contributed by atoms with E-state index >= 15 is 0 Å². The summed E-state index contributed by atoms with van der Waals surface area (Å²) in [7, 11) is -3.24. The minimum atomic E-state index is -3.24. The summed E-state index contributed by atoms with van der Waals surface area (Å²) in [6, 6.07) is 14.4. The molecule has 0 aliphatic rings.